The van der Waals surface area contributed by atoms with E-state index >= 15 is 0 Å². The van der Waals surface area contributed by atoms with Crippen molar-refractivity contribution in [2.75, 3.05) is 41.3 Å². The Morgan fingerprint density at radius 3 is 2.14 bits per heavy atom. The summed E-state index contributed by atoms with van der Waals surface area (Å²) in [6.45, 7) is 2.57. The molecule has 0 amide bonds. The number of rotatable bonds is 5. The summed E-state index contributed by atoms with van der Waals surface area (Å²) in [6.07, 6.45) is 0. The van der Waals surface area contributed by atoms with Crippen molar-refractivity contribution in [3.05, 3.63) is 86.2 Å². The van der Waals surface area contributed by atoms with E-state index in [0.717, 1.165) is 5.69 Å². The molecule has 144 valence electrons. The highest BCUT2D eigenvalue weighted by atomic mass is 19.1. The fraction of sp³-hybridized carbons (Fsp3) is 0.238. The van der Waals surface area contributed by atoms with E-state index in [0.29, 0.717) is 37.4 Å². The molecule has 1 heterocycles. The van der Waals surface area contributed by atoms with Gasteiger partial charge in [0, 0.05) is 44.0 Å². The standard InChI is InChI=1S/C21H19F2N3O2/c22-15-5-7-16(8-6-15)25-9-11-26(12-10-25)19-18(20(27)21(19)28)24-13-14-3-1-2-4-17(14)23/h1-8,24H,9-13H2. The summed E-state index contributed by atoms with van der Waals surface area (Å²) in [4.78, 5) is 28.1. The Labute approximate surface area is 160 Å². The molecule has 3 aromatic carbocycles. The van der Waals surface area contributed by atoms with Crippen LogP contribution in [-0.4, -0.2) is 26.2 Å². The second-order valence-corrected chi connectivity index (χ2v) is 6.78. The van der Waals surface area contributed by atoms with Crippen molar-refractivity contribution in [3.63, 3.8) is 0 Å². The third-order valence-electron chi connectivity index (χ3n) is 5.09. The highest BCUT2D eigenvalue weighted by molar-refractivity contribution is 5.75. The maximum Gasteiger partial charge on any atom is 0.253 e. The third kappa shape index (κ3) is 3.35. The molecule has 0 unspecified atom stereocenters. The number of benzene rings is 2. The van der Waals surface area contributed by atoms with Crippen LogP contribution in [0.5, 0.6) is 0 Å². The lowest BCUT2D eigenvalue weighted by atomic mass is 10.1. The first kappa shape index (κ1) is 18.2. The summed E-state index contributed by atoms with van der Waals surface area (Å²) < 4.78 is 26.9. The molecule has 0 radical (unpaired) electrons. The van der Waals surface area contributed by atoms with Crippen LogP contribution in [0.25, 0.3) is 0 Å². The van der Waals surface area contributed by atoms with Crippen LogP contribution in [-0.2, 0) is 6.54 Å². The first-order valence-corrected chi connectivity index (χ1v) is 9.10. The number of nitrogens with zero attached hydrogens (tertiary/aromatic N) is 2. The van der Waals surface area contributed by atoms with Crippen LogP contribution in [0, 0.1) is 11.6 Å². The highest BCUT2D eigenvalue weighted by Crippen LogP contribution is 2.24. The predicted octanol–water partition coefficient (Wildman–Crippen LogP) is 2.50. The summed E-state index contributed by atoms with van der Waals surface area (Å²) in [5.41, 5.74) is 0.911. The molecule has 7 heteroatoms. The second kappa shape index (κ2) is 7.42. The third-order valence-corrected chi connectivity index (χ3v) is 5.09. The minimum Gasteiger partial charge on any atom is -0.376 e. The molecule has 1 aliphatic heterocycles. The normalized spacial score (nSPS) is 14.5. The monoisotopic (exact) mass is 383 g/mol. The zero-order chi connectivity index (χ0) is 19.7. The summed E-state index contributed by atoms with van der Waals surface area (Å²) in [5, 5.41) is 2.93. The van der Waals surface area contributed by atoms with Gasteiger partial charge in [0.2, 0.25) is 0 Å². The van der Waals surface area contributed by atoms with E-state index in [1.807, 2.05) is 4.90 Å². The smallest absolute Gasteiger partial charge is 0.253 e. The Balaban J connectivity index is 1.44. The van der Waals surface area contributed by atoms with Crippen molar-refractivity contribution >= 4 is 17.1 Å². The number of piperazine rings is 1. The molecule has 0 aromatic heterocycles. The van der Waals surface area contributed by atoms with E-state index in [4.69, 9.17) is 0 Å². The highest BCUT2D eigenvalue weighted by Gasteiger charge is 2.28. The number of anilines is 3. The molecule has 0 spiro atoms. The number of hydrogen-bond donors (Lipinski definition) is 1. The molecular formula is C21H19F2N3O2. The lowest BCUT2D eigenvalue weighted by Gasteiger charge is -2.38. The molecule has 1 aliphatic rings. The Hall–Kier alpha value is -3.22. The van der Waals surface area contributed by atoms with Gasteiger partial charge < -0.3 is 15.1 Å². The fourth-order valence-corrected chi connectivity index (χ4v) is 3.51. The maximum atomic E-state index is 13.8. The SMILES string of the molecule is O=c1c(NCc2ccccc2F)c(N2CCN(c3ccc(F)cc3)CC2)c1=O. The van der Waals surface area contributed by atoms with Gasteiger partial charge in [-0.05, 0) is 30.3 Å². The van der Waals surface area contributed by atoms with Gasteiger partial charge in [0.1, 0.15) is 23.0 Å². The Morgan fingerprint density at radius 1 is 0.821 bits per heavy atom. The topological polar surface area (TPSA) is 52.7 Å². The molecule has 0 bridgehead atoms. The van der Waals surface area contributed by atoms with Gasteiger partial charge in [0.05, 0.1) is 0 Å². The largest absolute Gasteiger partial charge is 0.376 e. The molecule has 1 fully saturated rings. The molecule has 1 saturated heterocycles. The van der Waals surface area contributed by atoms with Crippen molar-refractivity contribution in [3.8, 4) is 0 Å². The molecule has 3 aromatic rings. The summed E-state index contributed by atoms with van der Waals surface area (Å²) in [7, 11) is 0. The van der Waals surface area contributed by atoms with Crippen molar-refractivity contribution in [1.82, 2.24) is 0 Å². The van der Waals surface area contributed by atoms with Crippen molar-refractivity contribution < 1.29 is 8.78 Å². The van der Waals surface area contributed by atoms with E-state index in [1.165, 1.54) is 18.2 Å². The molecule has 0 atom stereocenters. The molecule has 5 nitrogen and oxygen atoms in total. The molecule has 28 heavy (non-hydrogen) atoms. The summed E-state index contributed by atoms with van der Waals surface area (Å²) in [6, 6.07) is 12.6. The van der Waals surface area contributed by atoms with Gasteiger partial charge in [-0.3, -0.25) is 9.59 Å². The Bertz CT molecular complexity index is 1050. The molecule has 1 N–H and O–H groups in total. The van der Waals surface area contributed by atoms with Crippen LogP contribution in [0.4, 0.5) is 25.8 Å². The van der Waals surface area contributed by atoms with Crippen LogP contribution in [0.15, 0.2) is 58.1 Å². The molecular weight excluding hydrogens is 364 g/mol. The van der Waals surface area contributed by atoms with Crippen molar-refractivity contribution in [2.45, 2.75) is 6.54 Å². The number of hydrogen-bond acceptors (Lipinski definition) is 5. The molecule has 0 saturated carbocycles. The minimum absolute atomic E-state index is 0.139. The number of halogens is 2. The first-order chi connectivity index (χ1) is 13.5. The zero-order valence-electron chi connectivity index (χ0n) is 15.1. The van der Waals surface area contributed by atoms with Gasteiger partial charge in [-0.15, -0.1) is 0 Å². The fourth-order valence-electron chi connectivity index (χ4n) is 3.51. The van der Waals surface area contributed by atoms with Crippen LogP contribution in [0.1, 0.15) is 5.56 Å². The van der Waals surface area contributed by atoms with Crippen molar-refractivity contribution in [1.29, 1.82) is 0 Å². The molecule has 4 rings (SSSR count). The second-order valence-electron chi connectivity index (χ2n) is 6.78. The van der Waals surface area contributed by atoms with E-state index < -0.39 is 10.9 Å². The Kier molecular flexibility index (Phi) is 4.81. The van der Waals surface area contributed by atoms with E-state index in [9.17, 15) is 18.4 Å². The summed E-state index contributed by atoms with van der Waals surface area (Å²) >= 11 is 0. The lowest BCUT2D eigenvalue weighted by molar-refractivity contribution is 0.612. The van der Waals surface area contributed by atoms with Gasteiger partial charge >= 0.3 is 0 Å². The van der Waals surface area contributed by atoms with Crippen LogP contribution in [0.3, 0.4) is 0 Å². The average molecular weight is 383 g/mol. The minimum atomic E-state index is -0.563. The van der Waals surface area contributed by atoms with Gasteiger partial charge in [-0.2, -0.15) is 0 Å². The van der Waals surface area contributed by atoms with E-state index in [2.05, 4.69) is 10.2 Å². The zero-order valence-corrected chi connectivity index (χ0v) is 15.1. The Morgan fingerprint density at radius 2 is 1.46 bits per heavy atom. The van der Waals surface area contributed by atoms with Gasteiger partial charge in [-0.1, -0.05) is 18.2 Å². The van der Waals surface area contributed by atoms with Gasteiger partial charge in [0.15, 0.2) is 0 Å². The van der Waals surface area contributed by atoms with Gasteiger partial charge in [-0.25, -0.2) is 8.78 Å². The van der Waals surface area contributed by atoms with Crippen LogP contribution < -0.4 is 26.0 Å². The predicted molar refractivity (Wildman–Crippen MR) is 106 cm³/mol. The average Bonchev–Trinajstić information content (AvgIpc) is 2.72. The quantitative estimate of drug-likeness (QED) is 0.686. The first-order valence-electron chi connectivity index (χ1n) is 9.10. The van der Waals surface area contributed by atoms with E-state index in [1.54, 1.807) is 30.3 Å². The maximum absolute atomic E-state index is 13.8. The van der Waals surface area contributed by atoms with Crippen molar-refractivity contribution in [2.24, 2.45) is 0 Å². The lowest BCUT2D eigenvalue weighted by Crippen LogP contribution is -2.51. The van der Waals surface area contributed by atoms with Crippen LogP contribution >= 0.6 is 0 Å². The summed E-state index contributed by atoms with van der Waals surface area (Å²) in [5.74, 6) is -0.639. The number of nitrogens with one attached hydrogen (secondary N) is 1. The van der Waals surface area contributed by atoms with Crippen LogP contribution in [0.2, 0.25) is 0 Å². The van der Waals surface area contributed by atoms with Gasteiger partial charge in [0.25, 0.3) is 10.9 Å². The van der Waals surface area contributed by atoms with E-state index in [-0.39, 0.29) is 23.9 Å². The molecule has 0 aliphatic carbocycles.